The van der Waals surface area contributed by atoms with E-state index in [1.807, 2.05) is 6.92 Å². The molecule has 0 amide bonds. The third kappa shape index (κ3) is 3.25. The number of nitrogens with two attached hydrogens (primary N) is 2. The van der Waals surface area contributed by atoms with Gasteiger partial charge in [-0.25, -0.2) is 4.39 Å². The summed E-state index contributed by atoms with van der Waals surface area (Å²) in [5.41, 5.74) is 13.1. The molecule has 0 heterocycles. The third-order valence-corrected chi connectivity index (χ3v) is 2.11. The Morgan fingerprint density at radius 2 is 2.07 bits per heavy atom. The molecule has 0 unspecified atom stereocenters. The summed E-state index contributed by atoms with van der Waals surface area (Å²) < 4.78 is 12.7. The summed E-state index contributed by atoms with van der Waals surface area (Å²) in [6.07, 6.45) is 0.729. The van der Waals surface area contributed by atoms with Gasteiger partial charge in [-0.05, 0) is 43.1 Å². The molecule has 1 rings (SSSR count). The summed E-state index contributed by atoms with van der Waals surface area (Å²) in [5.74, 6) is -0.221. The van der Waals surface area contributed by atoms with Crippen LogP contribution >= 0.6 is 12.4 Å². The average molecular weight is 219 g/mol. The van der Waals surface area contributed by atoms with E-state index in [0.717, 1.165) is 17.5 Å². The van der Waals surface area contributed by atoms with Gasteiger partial charge < -0.3 is 11.5 Å². The Morgan fingerprint density at radius 3 is 2.57 bits per heavy atom. The van der Waals surface area contributed by atoms with Gasteiger partial charge in [-0.2, -0.15) is 0 Å². The van der Waals surface area contributed by atoms with Crippen LogP contribution in [0.25, 0.3) is 0 Å². The number of hydrogen-bond donors (Lipinski definition) is 2. The van der Waals surface area contributed by atoms with Crippen molar-refractivity contribution >= 4 is 12.4 Å². The van der Waals surface area contributed by atoms with E-state index in [9.17, 15) is 4.39 Å². The fourth-order valence-corrected chi connectivity index (χ4v) is 1.39. The number of halogens is 2. The van der Waals surface area contributed by atoms with Crippen LogP contribution < -0.4 is 11.5 Å². The van der Waals surface area contributed by atoms with Crippen LogP contribution in [-0.4, -0.2) is 6.54 Å². The van der Waals surface area contributed by atoms with E-state index in [2.05, 4.69) is 0 Å². The molecule has 1 aromatic rings. The minimum atomic E-state index is -0.221. The zero-order valence-corrected chi connectivity index (χ0v) is 8.98. The van der Waals surface area contributed by atoms with Gasteiger partial charge in [0, 0.05) is 6.04 Å². The third-order valence-electron chi connectivity index (χ3n) is 2.11. The summed E-state index contributed by atoms with van der Waals surface area (Å²) in [6, 6.07) is 4.57. The summed E-state index contributed by atoms with van der Waals surface area (Å²) in [7, 11) is 0. The molecule has 0 radical (unpaired) electrons. The highest BCUT2D eigenvalue weighted by Gasteiger charge is 2.07. The Morgan fingerprint density at radius 1 is 1.43 bits per heavy atom. The second kappa shape index (κ2) is 5.96. The molecule has 0 aliphatic rings. The Hall–Kier alpha value is -0.640. The highest BCUT2D eigenvalue weighted by atomic mass is 35.5. The highest BCUT2D eigenvalue weighted by molar-refractivity contribution is 5.85. The van der Waals surface area contributed by atoms with Crippen molar-refractivity contribution in [3.63, 3.8) is 0 Å². The van der Waals surface area contributed by atoms with Gasteiger partial charge in [0.1, 0.15) is 5.82 Å². The van der Waals surface area contributed by atoms with Gasteiger partial charge >= 0.3 is 0 Å². The van der Waals surface area contributed by atoms with Gasteiger partial charge in [-0.15, -0.1) is 12.4 Å². The highest BCUT2D eigenvalue weighted by Crippen LogP contribution is 2.18. The zero-order valence-electron chi connectivity index (χ0n) is 8.16. The monoisotopic (exact) mass is 218 g/mol. The Balaban J connectivity index is 0.00000169. The molecule has 0 aliphatic heterocycles. The van der Waals surface area contributed by atoms with Gasteiger partial charge in [0.15, 0.2) is 0 Å². The molecular weight excluding hydrogens is 203 g/mol. The van der Waals surface area contributed by atoms with Crippen molar-refractivity contribution < 1.29 is 4.39 Å². The van der Waals surface area contributed by atoms with Crippen molar-refractivity contribution in [1.82, 2.24) is 0 Å². The zero-order chi connectivity index (χ0) is 9.84. The van der Waals surface area contributed by atoms with E-state index < -0.39 is 0 Å². The van der Waals surface area contributed by atoms with E-state index in [0.29, 0.717) is 6.54 Å². The molecule has 0 spiro atoms. The SMILES string of the molecule is Cc1cc(F)ccc1[C@H](N)CCN.Cl. The molecule has 0 saturated heterocycles. The van der Waals surface area contributed by atoms with Crippen molar-refractivity contribution in [2.45, 2.75) is 19.4 Å². The van der Waals surface area contributed by atoms with E-state index in [-0.39, 0.29) is 24.3 Å². The lowest BCUT2D eigenvalue weighted by molar-refractivity contribution is 0.618. The van der Waals surface area contributed by atoms with Gasteiger partial charge in [-0.3, -0.25) is 0 Å². The predicted molar refractivity (Wildman–Crippen MR) is 59.0 cm³/mol. The molecule has 80 valence electrons. The van der Waals surface area contributed by atoms with Crippen LogP contribution in [0.4, 0.5) is 4.39 Å². The Bertz CT molecular complexity index is 291. The van der Waals surface area contributed by atoms with Crippen LogP contribution in [0.2, 0.25) is 0 Å². The van der Waals surface area contributed by atoms with Crippen LogP contribution in [0.5, 0.6) is 0 Å². The van der Waals surface area contributed by atoms with Crippen LogP contribution in [0, 0.1) is 12.7 Å². The minimum absolute atomic E-state index is 0. The van der Waals surface area contributed by atoms with Gasteiger partial charge in [0.25, 0.3) is 0 Å². The second-order valence-corrected chi connectivity index (χ2v) is 3.18. The van der Waals surface area contributed by atoms with Crippen molar-refractivity contribution in [2.75, 3.05) is 6.54 Å². The second-order valence-electron chi connectivity index (χ2n) is 3.18. The maximum Gasteiger partial charge on any atom is 0.123 e. The summed E-state index contributed by atoms with van der Waals surface area (Å²) in [5, 5.41) is 0. The molecule has 14 heavy (non-hydrogen) atoms. The molecular formula is C10H16ClFN2. The summed E-state index contributed by atoms with van der Waals surface area (Å²) in [4.78, 5) is 0. The van der Waals surface area contributed by atoms with E-state index in [1.54, 1.807) is 6.07 Å². The van der Waals surface area contributed by atoms with Gasteiger partial charge in [0.05, 0.1) is 0 Å². The topological polar surface area (TPSA) is 52.0 Å². The molecule has 1 atom stereocenters. The number of aryl methyl sites for hydroxylation is 1. The number of hydrogen-bond acceptors (Lipinski definition) is 2. The minimum Gasteiger partial charge on any atom is -0.330 e. The molecule has 0 saturated carbocycles. The van der Waals surface area contributed by atoms with Crippen molar-refractivity contribution in [3.8, 4) is 0 Å². The lowest BCUT2D eigenvalue weighted by atomic mass is 9.99. The van der Waals surface area contributed by atoms with Crippen molar-refractivity contribution in [1.29, 1.82) is 0 Å². The first-order valence-electron chi connectivity index (χ1n) is 4.37. The van der Waals surface area contributed by atoms with Crippen LogP contribution in [-0.2, 0) is 0 Å². The van der Waals surface area contributed by atoms with Crippen LogP contribution in [0.3, 0.4) is 0 Å². The predicted octanol–water partition coefficient (Wildman–Crippen LogP) is 1.90. The lowest BCUT2D eigenvalue weighted by Crippen LogP contribution is -2.16. The molecule has 0 fully saturated rings. The molecule has 4 N–H and O–H groups in total. The Labute approximate surface area is 89.9 Å². The molecule has 4 heteroatoms. The average Bonchev–Trinajstić information content (AvgIpc) is 2.04. The summed E-state index contributed by atoms with van der Waals surface area (Å²) >= 11 is 0. The fourth-order valence-electron chi connectivity index (χ4n) is 1.39. The first-order valence-corrected chi connectivity index (χ1v) is 4.37. The molecule has 0 aliphatic carbocycles. The maximum atomic E-state index is 12.7. The fraction of sp³-hybridized carbons (Fsp3) is 0.400. The van der Waals surface area contributed by atoms with Crippen molar-refractivity contribution in [2.24, 2.45) is 11.5 Å². The normalized spacial score (nSPS) is 12.0. The smallest absolute Gasteiger partial charge is 0.123 e. The first-order chi connectivity index (χ1) is 6.15. The molecule has 0 bridgehead atoms. The largest absolute Gasteiger partial charge is 0.330 e. The molecule has 2 nitrogen and oxygen atoms in total. The van der Waals surface area contributed by atoms with Gasteiger partial charge in [0.2, 0.25) is 0 Å². The van der Waals surface area contributed by atoms with E-state index in [1.165, 1.54) is 12.1 Å². The van der Waals surface area contributed by atoms with Gasteiger partial charge in [-0.1, -0.05) is 6.07 Å². The molecule has 1 aromatic carbocycles. The van der Waals surface area contributed by atoms with Crippen LogP contribution in [0.1, 0.15) is 23.6 Å². The van der Waals surface area contributed by atoms with Crippen molar-refractivity contribution in [3.05, 3.63) is 35.1 Å². The van der Waals surface area contributed by atoms with Crippen LogP contribution in [0.15, 0.2) is 18.2 Å². The number of rotatable bonds is 3. The maximum absolute atomic E-state index is 12.7. The molecule has 0 aromatic heterocycles. The standard InChI is InChI=1S/C10H15FN2.ClH/c1-7-6-8(11)2-3-9(7)10(13)4-5-12;/h2-3,6,10H,4-5,12-13H2,1H3;1H/t10-;/m1./s1. The quantitative estimate of drug-likeness (QED) is 0.814. The lowest BCUT2D eigenvalue weighted by Gasteiger charge is -2.13. The summed E-state index contributed by atoms with van der Waals surface area (Å²) in [6.45, 7) is 2.41. The van der Waals surface area contributed by atoms with E-state index >= 15 is 0 Å². The first kappa shape index (κ1) is 13.4. The number of benzene rings is 1. The Kier molecular flexibility index (Phi) is 5.69. The van der Waals surface area contributed by atoms with E-state index in [4.69, 9.17) is 11.5 Å².